The maximum absolute atomic E-state index is 13.6. The second-order valence-corrected chi connectivity index (χ2v) is 21.7. The molecule has 192 valence electrons. The van der Waals surface area contributed by atoms with E-state index in [1.807, 2.05) is 52.0 Å². The number of alkyl halides is 3. The zero-order valence-electron chi connectivity index (χ0n) is 21.3. The van der Waals surface area contributed by atoms with Gasteiger partial charge >= 0.3 is 212 Å². The molecular formula is C25H36F3IO3SSi. The molecule has 2 aromatic rings. The topological polar surface area (TPSA) is 43.4 Å². The molecule has 0 aliphatic heterocycles. The minimum atomic E-state index is -5.78. The summed E-state index contributed by atoms with van der Waals surface area (Å²) in [4.78, 5) is 0. The third-order valence-corrected chi connectivity index (χ3v) is 15.7. The predicted octanol–water partition coefficient (Wildman–Crippen LogP) is 7.93. The van der Waals surface area contributed by atoms with Gasteiger partial charge in [0.1, 0.15) is 0 Å². The third-order valence-electron chi connectivity index (χ3n) is 5.53. The molecule has 0 spiro atoms. The van der Waals surface area contributed by atoms with Crippen molar-refractivity contribution < 1.29 is 24.1 Å². The molecule has 3 nitrogen and oxygen atoms in total. The first-order chi connectivity index (χ1) is 15.4. The van der Waals surface area contributed by atoms with E-state index in [1.54, 1.807) is 12.1 Å². The third kappa shape index (κ3) is 6.44. The first-order valence-corrected chi connectivity index (χ1v) is 19.3. The summed E-state index contributed by atoms with van der Waals surface area (Å²) in [5.41, 5.74) is -2.64. The van der Waals surface area contributed by atoms with Crippen molar-refractivity contribution in [1.82, 2.24) is 0 Å². The molecule has 0 bridgehead atoms. The average molecular weight is 629 g/mol. The first kappa shape index (κ1) is 29.3. The van der Waals surface area contributed by atoms with Gasteiger partial charge in [0.05, 0.1) is 0 Å². The van der Waals surface area contributed by atoms with Gasteiger partial charge in [-0.2, -0.15) is 0 Å². The number of rotatable bonds is 8. The Bertz CT molecular complexity index is 1090. The van der Waals surface area contributed by atoms with E-state index in [9.17, 15) is 21.6 Å². The quantitative estimate of drug-likeness (QED) is 0.170. The summed E-state index contributed by atoms with van der Waals surface area (Å²) in [7, 11) is -7.81. The van der Waals surface area contributed by atoms with Crippen LogP contribution in [0.15, 0.2) is 36.4 Å². The summed E-state index contributed by atoms with van der Waals surface area (Å²) in [6.45, 7) is 18.4. The van der Waals surface area contributed by atoms with Crippen molar-refractivity contribution in [2.75, 3.05) is 0 Å². The molecule has 34 heavy (non-hydrogen) atoms. The predicted molar refractivity (Wildman–Crippen MR) is 146 cm³/mol. The van der Waals surface area contributed by atoms with E-state index in [4.69, 9.17) is 2.51 Å². The molecule has 2 aromatic carbocycles. The zero-order valence-corrected chi connectivity index (χ0v) is 25.3. The fourth-order valence-corrected chi connectivity index (χ4v) is 16.0. The van der Waals surface area contributed by atoms with Crippen LogP contribution in [0, 0.1) is 7.14 Å². The molecule has 0 heterocycles. The Morgan fingerprint density at radius 2 is 1.32 bits per heavy atom. The summed E-state index contributed by atoms with van der Waals surface area (Å²) in [5.74, 6) is 0.199. The van der Waals surface area contributed by atoms with Crippen molar-refractivity contribution in [2.45, 2.75) is 84.4 Å². The molecule has 0 unspecified atom stereocenters. The standard InChI is InChI=1S/C25H36F3IO3SSi/c1-16(2)19-14-20(17(3)4)24(21(15-19)18(5)6)29(32-33(30,31)25(26,27)28)22-12-10-11-13-23(22)34(7,8)9/h10-18H,1-9H3. The molecule has 0 fully saturated rings. The molecule has 0 aliphatic rings. The van der Waals surface area contributed by atoms with Crippen LogP contribution in [0.5, 0.6) is 0 Å². The van der Waals surface area contributed by atoms with Crippen LogP contribution in [0.1, 0.15) is 76.0 Å². The number of hydrogen-bond donors (Lipinski definition) is 0. The molecule has 0 radical (unpaired) electrons. The number of benzene rings is 2. The fraction of sp³-hybridized carbons (Fsp3) is 0.520. The maximum atomic E-state index is 13.6. The van der Waals surface area contributed by atoms with Gasteiger partial charge in [-0.05, 0) is 0 Å². The molecule has 0 saturated carbocycles. The van der Waals surface area contributed by atoms with Gasteiger partial charge in [0.25, 0.3) is 0 Å². The van der Waals surface area contributed by atoms with E-state index in [1.165, 1.54) is 0 Å². The van der Waals surface area contributed by atoms with Crippen LogP contribution in [-0.4, -0.2) is 22.0 Å². The second kappa shape index (κ2) is 10.6. The van der Waals surface area contributed by atoms with Gasteiger partial charge < -0.3 is 0 Å². The molecule has 0 aromatic heterocycles. The van der Waals surface area contributed by atoms with Gasteiger partial charge in [-0.25, -0.2) is 0 Å². The van der Waals surface area contributed by atoms with Crippen molar-refractivity contribution in [3.63, 3.8) is 0 Å². The van der Waals surface area contributed by atoms with E-state index in [0.29, 0.717) is 7.14 Å². The van der Waals surface area contributed by atoms with E-state index >= 15 is 0 Å². The SMILES string of the molecule is CC(C)c1cc(C(C)C)c(I(OS(=O)(=O)C(F)(F)F)c2ccccc2[Si](C)(C)C)c(C(C)C)c1. The Hall–Kier alpha value is -0.913. The Balaban J connectivity index is 3.03. The van der Waals surface area contributed by atoms with Crippen LogP contribution >= 0.6 is 20.2 Å². The first-order valence-electron chi connectivity index (χ1n) is 11.4. The van der Waals surface area contributed by atoms with Gasteiger partial charge in [-0.3, -0.25) is 0 Å². The summed E-state index contributed by atoms with van der Waals surface area (Å²) < 4.78 is 72.2. The van der Waals surface area contributed by atoms with E-state index < -0.39 is 43.9 Å². The monoisotopic (exact) mass is 628 g/mol. The normalized spacial score (nSPS) is 13.8. The van der Waals surface area contributed by atoms with Crippen LogP contribution in [0.4, 0.5) is 13.2 Å². The molecule has 2 rings (SSSR count). The Morgan fingerprint density at radius 3 is 1.71 bits per heavy atom. The average Bonchev–Trinajstić information content (AvgIpc) is 2.69. The van der Waals surface area contributed by atoms with Gasteiger partial charge in [0.2, 0.25) is 0 Å². The summed E-state index contributed by atoms with van der Waals surface area (Å²) in [6.07, 6.45) is 0. The summed E-state index contributed by atoms with van der Waals surface area (Å²) in [5, 5.41) is 0.940. The van der Waals surface area contributed by atoms with Crippen LogP contribution in [0.2, 0.25) is 19.6 Å². The van der Waals surface area contributed by atoms with Gasteiger partial charge in [-0.1, -0.05) is 0 Å². The Kier molecular flexibility index (Phi) is 9.14. The van der Waals surface area contributed by atoms with E-state index in [2.05, 4.69) is 33.5 Å². The van der Waals surface area contributed by atoms with Gasteiger partial charge in [0.15, 0.2) is 0 Å². The molecule has 0 amide bonds. The van der Waals surface area contributed by atoms with Crippen LogP contribution in [-0.2, 0) is 12.6 Å². The van der Waals surface area contributed by atoms with Crippen molar-refractivity contribution in [3.8, 4) is 0 Å². The van der Waals surface area contributed by atoms with Crippen LogP contribution in [0.25, 0.3) is 0 Å². The van der Waals surface area contributed by atoms with E-state index in [0.717, 1.165) is 21.9 Å². The molecular weight excluding hydrogens is 592 g/mol. The van der Waals surface area contributed by atoms with Crippen LogP contribution in [0.3, 0.4) is 0 Å². The fourth-order valence-electron chi connectivity index (χ4n) is 3.57. The van der Waals surface area contributed by atoms with Gasteiger partial charge in [0, 0.05) is 0 Å². The summed E-state index contributed by atoms with van der Waals surface area (Å²) in [6, 6.07) is 11.4. The Labute approximate surface area is 211 Å². The van der Waals surface area contributed by atoms with Crippen LogP contribution < -0.4 is 5.19 Å². The van der Waals surface area contributed by atoms with Crippen molar-refractivity contribution in [2.24, 2.45) is 0 Å². The molecule has 0 atom stereocenters. The van der Waals surface area contributed by atoms with E-state index in [-0.39, 0.29) is 17.8 Å². The minimum absolute atomic E-state index is 0.0118. The van der Waals surface area contributed by atoms with Crippen molar-refractivity contribution >= 4 is 43.6 Å². The molecule has 0 aliphatic carbocycles. The second-order valence-electron chi connectivity index (χ2n) is 10.4. The Morgan fingerprint density at radius 1 is 0.853 bits per heavy atom. The van der Waals surface area contributed by atoms with Crippen molar-refractivity contribution in [1.29, 1.82) is 0 Å². The summed E-state index contributed by atoms with van der Waals surface area (Å²) >= 11 is -3.58. The number of hydrogen-bond acceptors (Lipinski definition) is 3. The molecule has 9 heteroatoms. The van der Waals surface area contributed by atoms with Crippen molar-refractivity contribution in [3.05, 3.63) is 60.2 Å². The van der Waals surface area contributed by atoms with Gasteiger partial charge in [-0.15, -0.1) is 0 Å². The number of halogens is 4. The zero-order chi connectivity index (χ0) is 26.2. The molecule has 0 N–H and O–H groups in total. The molecule has 0 saturated heterocycles.